The van der Waals surface area contributed by atoms with Gasteiger partial charge in [0.2, 0.25) is 0 Å². The maximum absolute atomic E-state index is 11.9. The summed E-state index contributed by atoms with van der Waals surface area (Å²) in [6.07, 6.45) is 2.81. The molecule has 1 N–H and O–H groups in total. The molecule has 0 bridgehead atoms. The van der Waals surface area contributed by atoms with E-state index in [1.165, 1.54) is 0 Å². The monoisotopic (exact) mass is 238 g/mol. The summed E-state index contributed by atoms with van der Waals surface area (Å²) >= 11 is 0. The van der Waals surface area contributed by atoms with Crippen molar-refractivity contribution >= 4 is 17.5 Å². The van der Waals surface area contributed by atoms with Crippen LogP contribution in [0, 0.1) is 17.3 Å². The molecule has 0 aliphatic heterocycles. The summed E-state index contributed by atoms with van der Waals surface area (Å²) in [5, 5.41) is 8.71. The average Bonchev–Trinajstić information content (AvgIpc) is 2.55. The first-order valence-corrected chi connectivity index (χ1v) is 6.23. The van der Waals surface area contributed by atoms with E-state index in [1.54, 1.807) is 0 Å². The van der Waals surface area contributed by atoms with Gasteiger partial charge in [0.1, 0.15) is 11.6 Å². The highest BCUT2D eigenvalue weighted by atomic mass is 16.4. The molecule has 0 spiro atoms. The summed E-state index contributed by atoms with van der Waals surface area (Å²) in [5.41, 5.74) is -0.364. The molecule has 4 nitrogen and oxygen atoms in total. The molecule has 0 amide bonds. The third-order valence-corrected chi connectivity index (χ3v) is 4.60. The molecule has 3 atom stereocenters. The highest BCUT2D eigenvalue weighted by Crippen LogP contribution is 2.52. The fourth-order valence-corrected chi connectivity index (χ4v) is 3.50. The second kappa shape index (κ2) is 4.24. The first-order chi connectivity index (χ1) is 7.95. The van der Waals surface area contributed by atoms with Crippen LogP contribution in [0.25, 0.3) is 0 Å². The van der Waals surface area contributed by atoms with E-state index in [0.29, 0.717) is 25.7 Å². The molecule has 0 radical (unpaired) electrons. The topological polar surface area (TPSA) is 71.4 Å². The number of hydrogen-bond donors (Lipinski definition) is 1. The van der Waals surface area contributed by atoms with Gasteiger partial charge >= 0.3 is 5.97 Å². The molecule has 0 aromatic carbocycles. The number of hydrogen-bond acceptors (Lipinski definition) is 3. The van der Waals surface area contributed by atoms with Crippen molar-refractivity contribution < 1.29 is 19.5 Å². The average molecular weight is 238 g/mol. The maximum Gasteiger partial charge on any atom is 0.303 e. The molecule has 0 heterocycles. The largest absolute Gasteiger partial charge is 0.481 e. The van der Waals surface area contributed by atoms with Crippen molar-refractivity contribution in [3.63, 3.8) is 0 Å². The Kier molecular flexibility index (Phi) is 3.06. The highest BCUT2D eigenvalue weighted by molar-refractivity contribution is 5.92. The van der Waals surface area contributed by atoms with Gasteiger partial charge in [0.05, 0.1) is 0 Å². The van der Waals surface area contributed by atoms with Crippen LogP contribution in [0.1, 0.15) is 45.4 Å². The number of carboxylic acids is 1. The predicted octanol–water partition coefficient (Wildman–Crippen LogP) is 1.82. The SMILES string of the molecule is C[C@]12CCC(=O)C(CCC(=O)O)C1CCC2=O. The molecule has 0 saturated heterocycles. The zero-order chi connectivity index (χ0) is 12.6. The van der Waals surface area contributed by atoms with Crippen LogP contribution < -0.4 is 0 Å². The third kappa shape index (κ3) is 2.01. The molecule has 2 saturated carbocycles. The molecule has 94 valence electrons. The summed E-state index contributed by atoms with van der Waals surface area (Å²) in [5.74, 6) is -0.583. The van der Waals surface area contributed by atoms with Gasteiger partial charge in [-0.15, -0.1) is 0 Å². The molecule has 2 unspecified atom stereocenters. The van der Waals surface area contributed by atoms with Crippen molar-refractivity contribution in [2.24, 2.45) is 17.3 Å². The van der Waals surface area contributed by atoms with E-state index in [2.05, 4.69) is 0 Å². The fraction of sp³-hybridized carbons (Fsp3) is 0.769. The Morgan fingerprint density at radius 2 is 2.12 bits per heavy atom. The number of carbonyl (C=O) groups excluding carboxylic acids is 2. The van der Waals surface area contributed by atoms with E-state index in [9.17, 15) is 14.4 Å². The molecule has 2 aliphatic rings. The van der Waals surface area contributed by atoms with E-state index in [4.69, 9.17) is 5.11 Å². The number of carbonyl (C=O) groups is 3. The Morgan fingerprint density at radius 3 is 2.76 bits per heavy atom. The molecule has 4 heteroatoms. The van der Waals surface area contributed by atoms with Crippen LogP contribution in [-0.4, -0.2) is 22.6 Å². The minimum atomic E-state index is -0.866. The Morgan fingerprint density at radius 1 is 1.41 bits per heavy atom. The van der Waals surface area contributed by atoms with Crippen molar-refractivity contribution in [3.05, 3.63) is 0 Å². The van der Waals surface area contributed by atoms with Crippen LogP contribution in [0.5, 0.6) is 0 Å². The molecule has 2 fully saturated rings. The van der Waals surface area contributed by atoms with Crippen LogP contribution in [0.2, 0.25) is 0 Å². The number of fused-ring (bicyclic) bond motifs is 1. The van der Waals surface area contributed by atoms with Crippen molar-refractivity contribution in [1.82, 2.24) is 0 Å². The second-order valence-electron chi connectivity index (χ2n) is 5.49. The van der Waals surface area contributed by atoms with Crippen LogP contribution in [0.3, 0.4) is 0 Å². The first-order valence-electron chi connectivity index (χ1n) is 6.23. The van der Waals surface area contributed by atoms with Crippen molar-refractivity contribution in [1.29, 1.82) is 0 Å². The Balaban J connectivity index is 2.15. The highest BCUT2D eigenvalue weighted by Gasteiger charge is 2.53. The lowest BCUT2D eigenvalue weighted by molar-refractivity contribution is -0.139. The van der Waals surface area contributed by atoms with Gasteiger partial charge < -0.3 is 5.11 Å². The van der Waals surface area contributed by atoms with E-state index < -0.39 is 5.97 Å². The summed E-state index contributed by atoms with van der Waals surface area (Å²) in [6.45, 7) is 1.95. The lowest BCUT2D eigenvalue weighted by Gasteiger charge is -2.39. The number of Topliss-reactive ketones (excluding diaryl/α,β-unsaturated/α-hetero) is 2. The smallest absolute Gasteiger partial charge is 0.303 e. The molecule has 0 aromatic heterocycles. The summed E-state index contributed by atoms with van der Waals surface area (Å²) in [6, 6.07) is 0. The van der Waals surface area contributed by atoms with Gasteiger partial charge in [0.25, 0.3) is 0 Å². The molecule has 17 heavy (non-hydrogen) atoms. The van der Waals surface area contributed by atoms with Gasteiger partial charge in [-0.3, -0.25) is 14.4 Å². The third-order valence-electron chi connectivity index (χ3n) is 4.60. The molecule has 2 aliphatic carbocycles. The lowest BCUT2D eigenvalue weighted by Crippen LogP contribution is -2.42. The molecular formula is C13H18O4. The minimum absolute atomic E-state index is 0.0250. The molecular weight excluding hydrogens is 220 g/mol. The maximum atomic E-state index is 11.9. The standard InChI is InChI=1S/C13H18O4/c1-13-7-6-10(14)8(2-5-12(16)17)9(13)3-4-11(13)15/h8-9H,2-7H2,1H3,(H,16,17)/t8?,9?,13-/m0/s1. The van der Waals surface area contributed by atoms with Gasteiger partial charge in [0.15, 0.2) is 0 Å². The van der Waals surface area contributed by atoms with Crippen molar-refractivity contribution in [3.8, 4) is 0 Å². The van der Waals surface area contributed by atoms with Crippen LogP contribution in [-0.2, 0) is 14.4 Å². The van der Waals surface area contributed by atoms with Gasteiger partial charge in [-0.1, -0.05) is 6.92 Å². The Labute approximate surface area is 100 Å². The first kappa shape index (κ1) is 12.3. The quantitative estimate of drug-likeness (QED) is 0.814. The predicted molar refractivity (Wildman–Crippen MR) is 60.4 cm³/mol. The normalized spacial score (nSPS) is 37.0. The molecule has 2 rings (SSSR count). The van der Waals surface area contributed by atoms with Gasteiger partial charge in [0, 0.05) is 30.6 Å². The van der Waals surface area contributed by atoms with E-state index in [-0.39, 0.29) is 35.2 Å². The zero-order valence-electron chi connectivity index (χ0n) is 10.1. The van der Waals surface area contributed by atoms with Crippen LogP contribution in [0.15, 0.2) is 0 Å². The van der Waals surface area contributed by atoms with E-state index in [0.717, 1.165) is 6.42 Å². The minimum Gasteiger partial charge on any atom is -0.481 e. The second-order valence-corrected chi connectivity index (χ2v) is 5.49. The number of ketones is 2. The van der Waals surface area contributed by atoms with E-state index in [1.807, 2.05) is 6.92 Å². The number of rotatable bonds is 3. The molecule has 0 aromatic rings. The van der Waals surface area contributed by atoms with Crippen molar-refractivity contribution in [2.45, 2.75) is 45.4 Å². The summed E-state index contributed by atoms with van der Waals surface area (Å²) in [7, 11) is 0. The Bertz CT molecular complexity index is 374. The number of aliphatic carboxylic acids is 1. The van der Waals surface area contributed by atoms with Crippen LogP contribution >= 0.6 is 0 Å². The van der Waals surface area contributed by atoms with Gasteiger partial charge in [-0.05, 0) is 25.2 Å². The van der Waals surface area contributed by atoms with Crippen molar-refractivity contribution in [2.75, 3.05) is 0 Å². The number of carboxylic acid groups (broad SMARTS) is 1. The summed E-state index contributed by atoms with van der Waals surface area (Å²) < 4.78 is 0. The summed E-state index contributed by atoms with van der Waals surface area (Å²) in [4.78, 5) is 34.4. The Hall–Kier alpha value is -1.19. The fourth-order valence-electron chi connectivity index (χ4n) is 3.50. The van der Waals surface area contributed by atoms with Crippen LogP contribution in [0.4, 0.5) is 0 Å². The van der Waals surface area contributed by atoms with Gasteiger partial charge in [-0.25, -0.2) is 0 Å². The van der Waals surface area contributed by atoms with E-state index >= 15 is 0 Å². The lowest BCUT2D eigenvalue weighted by atomic mass is 9.62. The van der Waals surface area contributed by atoms with Gasteiger partial charge in [-0.2, -0.15) is 0 Å². The zero-order valence-corrected chi connectivity index (χ0v) is 10.1.